The molecule has 0 aromatic heterocycles. The molecule has 0 unspecified atom stereocenters. The van der Waals surface area contributed by atoms with Gasteiger partial charge in [-0.05, 0) is 18.6 Å². The van der Waals surface area contributed by atoms with Crippen LogP contribution in [0.3, 0.4) is 0 Å². The second kappa shape index (κ2) is 4.52. The molecule has 1 aromatic carbocycles. The molecular weight excluding hydrogens is 230 g/mol. The van der Waals surface area contributed by atoms with Crippen LogP contribution >= 0.6 is 0 Å². The molecule has 1 amide bonds. The zero-order chi connectivity index (χ0) is 12.3. The van der Waals surface area contributed by atoms with E-state index in [0.717, 1.165) is 6.26 Å². The van der Waals surface area contributed by atoms with Crippen molar-refractivity contribution in [3.05, 3.63) is 23.8 Å². The number of phenols is 1. The average Bonchev–Trinajstić information content (AvgIpc) is 2.08. The number of benzene rings is 1. The van der Waals surface area contributed by atoms with Crippen molar-refractivity contribution in [1.29, 1.82) is 0 Å². The summed E-state index contributed by atoms with van der Waals surface area (Å²) in [5.41, 5.74) is 1.05. The van der Waals surface area contributed by atoms with Crippen LogP contribution in [0.1, 0.15) is 5.56 Å². The number of rotatable bonds is 3. The maximum atomic E-state index is 11.3. The van der Waals surface area contributed by atoms with E-state index in [4.69, 9.17) is 0 Å². The van der Waals surface area contributed by atoms with Crippen LogP contribution in [0.15, 0.2) is 18.2 Å². The number of amides is 1. The SMILES string of the molecule is Cc1ccc(NC(=O)CS(C)(=O)=O)cc1O. The van der Waals surface area contributed by atoms with E-state index in [1.165, 1.54) is 6.07 Å². The highest BCUT2D eigenvalue weighted by Crippen LogP contribution is 2.20. The lowest BCUT2D eigenvalue weighted by Gasteiger charge is -2.06. The van der Waals surface area contributed by atoms with Gasteiger partial charge in [-0.15, -0.1) is 0 Å². The lowest BCUT2D eigenvalue weighted by molar-refractivity contribution is -0.113. The first-order valence-electron chi connectivity index (χ1n) is 4.55. The summed E-state index contributed by atoms with van der Waals surface area (Å²) in [4.78, 5) is 11.3. The second-order valence-electron chi connectivity index (χ2n) is 3.62. The Balaban J connectivity index is 2.74. The monoisotopic (exact) mass is 243 g/mol. The first-order chi connectivity index (χ1) is 7.28. The van der Waals surface area contributed by atoms with Crippen LogP contribution < -0.4 is 5.32 Å². The number of hydrogen-bond acceptors (Lipinski definition) is 4. The van der Waals surface area contributed by atoms with Crippen molar-refractivity contribution < 1.29 is 18.3 Å². The highest BCUT2D eigenvalue weighted by molar-refractivity contribution is 7.91. The van der Waals surface area contributed by atoms with Crippen molar-refractivity contribution >= 4 is 21.4 Å². The van der Waals surface area contributed by atoms with Crippen molar-refractivity contribution in [2.45, 2.75) is 6.92 Å². The summed E-state index contributed by atoms with van der Waals surface area (Å²) in [7, 11) is -3.34. The summed E-state index contributed by atoms with van der Waals surface area (Å²) < 4.78 is 21.7. The summed E-state index contributed by atoms with van der Waals surface area (Å²) in [5.74, 6) is -1.13. The summed E-state index contributed by atoms with van der Waals surface area (Å²) in [6.07, 6.45) is 0.985. The number of aryl methyl sites for hydroxylation is 1. The Morgan fingerprint density at radius 2 is 2.06 bits per heavy atom. The molecule has 6 heteroatoms. The molecule has 16 heavy (non-hydrogen) atoms. The van der Waals surface area contributed by atoms with E-state index in [1.54, 1.807) is 19.1 Å². The predicted octanol–water partition coefficient (Wildman–Crippen LogP) is 0.684. The van der Waals surface area contributed by atoms with Crippen LogP contribution in [0.4, 0.5) is 5.69 Å². The molecule has 0 bridgehead atoms. The predicted molar refractivity (Wildman–Crippen MR) is 61.2 cm³/mol. The molecule has 0 aliphatic carbocycles. The van der Waals surface area contributed by atoms with Crippen molar-refractivity contribution in [3.8, 4) is 5.75 Å². The average molecular weight is 243 g/mol. The number of nitrogens with one attached hydrogen (secondary N) is 1. The fourth-order valence-corrected chi connectivity index (χ4v) is 1.67. The third kappa shape index (κ3) is 3.90. The Hall–Kier alpha value is -1.56. The molecule has 88 valence electrons. The number of carbonyl (C=O) groups excluding carboxylic acids is 1. The van der Waals surface area contributed by atoms with Crippen LogP contribution in [0.2, 0.25) is 0 Å². The van der Waals surface area contributed by atoms with Gasteiger partial charge in [0, 0.05) is 18.0 Å². The van der Waals surface area contributed by atoms with E-state index in [0.29, 0.717) is 11.3 Å². The lowest BCUT2D eigenvalue weighted by Crippen LogP contribution is -2.21. The molecule has 0 aliphatic heterocycles. The molecule has 0 heterocycles. The van der Waals surface area contributed by atoms with E-state index in [1.807, 2.05) is 0 Å². The molecule has 0 spiro atoms. The van der Waals surface area contributed by atoms with Gasteiger partial charge in [0.15, 0.2) is 9.84 Å². The lowest BCUT2D eigenvalue weighted by atomic mass is 10.2. The molecule has 0 saturated heterocycles. The molecule has 0 saturated carbocycles. The quantitative estimate of drug-likeness (QED) is 0.817. The van der Waals surface area contributed by atoms with Gasteiger partial charge in [-0.1, -0.05) is 6.07 Å². The van der Waals surface area contributed by atoms with Gasteiger partial charge in [-0.25, -0.2) is 8.42 Å². The number of phenolic OH excluding ortho intramolecular Hbond substituents is 1. The highest BCUT2D eigenvalue weighted by atomic mass is 32.2. The third-order valence-electron chi connectivity index (χ3n) is 1.89. The van der Waals surface area contributed by atoms with E-state index in [-0.39, 0.29) is 5.75 Å². The van der Waals surface area contributed by atoms with E-state index in [9.17, 15) is 18.3 Å². The summed E-state index contributed by atoms with van der Waals surface area (Å²) >= 11 is 0. The number of sulfone groups is 1. The first-order valence-corrected chi connectivity index (χ1v) is 6.61. The Kier molecular flexibility index (Phi) is 3.54. The molecule has 1 rings (SSSR count). The number of hydrogen-bond donors (Lipinski definition) is 2. The highest BCUT2D eigenvalue weighted by Gasteiger charge is 2.11. The van der Waals surface area contributed by atoms with Gasteiger partial charge in [-0.3, -0.25) is 4.79 Å². The number of anilines is 1. The number of aromatic hydroxyl groups is 1. The van der Waals surface area contributed by atoms with Gasteiger partial charge < -0.3 is 10.4 Å². The fraction of sp³-hybridized carbons (Fsp3) is 0.300. The zero-order valence-electron chi connectivity index (χ0n) is 9.02. The van der Waals surface area contributed by atoms with E-state index < -0.39 is 21.5 Å². The summed E-state index contributed by atoms with van der Waals surface area (Å²) in [6, 6.07) is 4.59. The molecule has 0 atom stereocenters. The van der Waals surface area contributed by atoms with Crippen molar-refractivity contribution in [3.63, 3.8) is 0 Å². The van der Waals surface area contributed by atoms with Gasteiger partial charge in [0.2, 0.25) is 5.91 Å². The maximum absolute atomic E-state index is 11.3. The van der Waals surface area contributed by atoms with Crippen molar-refractivity contribution in [2.75, 3.05) is 17.3 Å². The molecular formula is C10H13NO4S. The Labute approximate surface area is 94.0 Å². The first kappa shape index (κ1) is 12.5. The topological polar surface area (TPSA) is 83.5 Å². The van der Waals surface area contributed by atoms with E-state index >= 15 is 0 Å². The molecule has 2 N–H and O–H groups in total. The minimum absolute atomic E-state index is 0.0529. The standard InChI is InChI=1S/C10H13NO4S/c1-7-3-4-8(5-9(7)12)11-10(13)6-16(2,14)15/h3-5,12H,6H2,1-2H3,(H,11,13). The normalized spacial score (nSPS) is 11.1. The van der Waals surface area contributed by atoms with Crippen LogP contribution in [-0.2, 0) is 14.6 Å². The largest absolute Gasteiger partial charge is 0.508 e. The van der Waals surface area contributed by atoms with E-state index in [2.05, 4.69) is 5.32 Å². The van der Waals surface area contributed by atoms with Crippen molar-refractivity contribution in [2.24, 2.45) is 0 Å². The van der Waals surface area contributed by atoms with Gasteiger partial charge in [0.05, 0.1) is 0 Å². The molecule has 0 aliphatic rings. The number of carbonyl (C=O) groups is 1. The minimum atomic E-state index is -3.34. The van der Waals surface area contributed by atoms with Crippen LogP contribution in [0, 0.1) is 6.92 Å². The molecule has 0 radical (unpaired) electrons. The van der Waals surface area contributed by atoms with Gasteiger partial charge in [-0.2, -0.15) is 0 Å². The van der Waals surface area contributed by atoms with Gasteiger partial charge in [0.25, 0.3) is 0 Å². The Morgan fingerprint density at radius 3 is 2.56 bits per heavy atom. The van der Waals surface area contributed by atoms with Crippen LogP contribution in [0.5, 0.6) is 5.75 Å². The Bertz CT molecular complexity index is 508. The second-order valence-corrected chi connectivity index (χ2v) is 5.76. The fourth-order valence-electron chi connectivity index (χ4n) is 1.12. The van der Waals surface area contributed by atoms with Crippen LogP contribution in [-0.4, -0.2) is 31.4 Å². The van der Waals surface area contributed by atoms with Crippen LogP contribution in [0.25, 0.3) is 0 Å². The van der Waals surface area contributed by atoms with Gasteiger partial charge >= 0.3 is 0 Å². The minimum Gasteiger partial charge on any atom is -0.508 e. The molecule has 5 nitrogen and oxygen atoms in total. The third-order valence-corrected chi connectivity index (χ3v) is 2.67. The Morgan fingerprint density at radius 1 is 1.44 bits per heavy atom. The zero-order valence-corrected chi connectivity index (χ0v) is 9.84. The maximum Gasteiger partial charge on any atom is 0.239 e. The smallest absolute Gasteiger partial charge is 0.239 e. The molecule has 1 aromatic rings. The summed E-state index contributed by atoms with van der Waals surface area (Å²) in [5, 5.41) is 11.8. The molecule has 0 fully saturated rings. The summed E-state index contributed by atoms with van der Waals surface area (Å²) in [6.45, 7) is 1.72. The van der Waals surface area contributed by atoms with Crippen molar-refractivity contribution in [1.82, 2.24) is 0 Å². The van der Waals surface area contributed by atoms with Gasteiger partial charge in [0.1, 0.15) is 11.5 Å².